The highest BCUT2D eigenvalue weighted by Gasteiger charge is 2.55. The Kier molecular flexibility index (Phi) is 2.39. The lowest BCUT2D eigenvalue weighted by atomic mass is 9.72. The highest BCUT2D eigenvalue weighted by molar-refractivity contribution is 5.09. The molecule has 1 heteroatoms. The molecule has 2 saturated carbocycles. The fourth-order valence-electron chi connectivity index (χ4n) is 2.84. The quantitative estimate of drug-likeness (QED) is 0.601. The topological polar surface area (TPSA) is 3.24 Å². The van der Waals surface area contributed by atoms with Gasteiger partial charge in [-0.2, -0.15) is 0 Å². The van der Waals surface area contributed by atoms with Crippen LogP contribution < -0.4 is 0 Å². The third kappa shape index (κ3) is 1.76. The monoisotopic (exact) mass is 181 g/mol. The summed E-state index contributed by atoms with van der Waals surface area (Å²) >= 11 is 0. The SMILES string of the molecule is CC12CC(C1)N(C1CC1)C2.CCC. The van der Waals surface area contributed by atoms with Gasteiger partial charge in [-0.05, 0) is 31.1 Å². The van der Waals surface area contributed by atoms with E-state index in [1.807, 2.05) is 0 Å². The summed E-state index contributed by atoms with van der Waals surface area (Å²) in [5, 5.41) is 0. The molecule has 0 unspecified atom stereocenters. The molecule has 2 aliphatic heterocycles. The van der Waals surface area contributed by atoms with Crippen LogP contribution in [0.5, 0.6) is 0 Å². The molecule has 2 saturated heterocycles. The second kappa shape index (κ2) is 3.27. The van der Waals surface area contributed by atoms with E-state index >= 15 is 0 Å². The van der Waals surface area contributed by atoms with E-state index in [0.717, 1.165) is 17.5 Å². The van der Waals surface area contributed by atoms with Crippen LogP contribution in [0.4, 0.5) is 0 Å². The van der Waals surface area contributed by atoms with E-state index in [1.54, 1.807) is 0 Å². The fraction of sp³-hybridized carbons (Fsp3) is 1.00. The minimum atomic E-state index is 0.757. The first-order valence-corrected chi connectivity index (χ1v) is 5.94. The average molecular weight is 181 g/mol. The van der Waals surface area contributed by atoms with Crippen molar-refractivity contribution in [2.45, 2.75) is 65.0 Å². The van der Waals surface area contributed by atoms with Crippen molar-refractivity contribution in [3.63, 3.8) is 0 Å². The molecule has 4 aliphatic rings. The van der Waals surface area contributed by atoms with Crippen LogP contribution in [0.1, 0.15) is 52.9 Å². The second-order valence-electron chi connectivity index (χ2n) is 5.48. The lowest BCUT2D eigenvalue weighted by Gasteiger charge is -2.33. The van der Waals surface area contributed by atoms with E-state index in [-0.39, 0.29) is 0 Å². The van der Waals surface area contributed by atoms with E-state index in [2.05, 4.69) is 25.7 Å². The standard InChI is InChI=1S/C9H15N.C3H8/c1-9-4-8(5-9)10(6-9)7-2-3-7;1-3-2/h7-8H,2-6H2,1H3;3H2,1-2H3. The van der Waals surface area contributed by atoms with Crippen LogP contribution in [0.15, 0.2) is 0 Å². The van der Waals surface area contributed by atoms with Crippen molar-refractivity contribution in [1.82, 2.24) is 4.90 Å². The molecule has 0 aromatic carbocycles. The molecule has 4 rings (SSSR count). The molecule has 0 aromatic rings. The van der Waals surface area contributed by atoms with Gasteiger partial charge in [0.25, 0.3) is 0 Å². The van der Waals surface area contributed by atoms with Gasteiger partial charge in [0.2, 0.25) is 0 Å². The van der Waals surface area contributed by atoms with E-state index < -0.39 is 0 Å². The van der Waals surface area contributed by atoms with Crippen LogP contribution in [-0.4, -0.2) is 23.5 Å². The Balaban J connectivity index is 0.000000196. The van der Waals surface area contributed by atoms with Crippen LogP contribution in [0.3, 0.4) is 0 Å². The molecular formula is C12H23N. The molecule has 2 aliphatic carbocycles. The third-order valence-corrected chi connectivity index (χ3v) is 3.51. The lowest BCUT2D eigenvalue weighted by molar-refractivity contribution is 0.192. The summed E-state index contributed by atoms with van der Waals surface area (Å²) in [6, 6.07) is 2.03. The van der Waals surface area contributed by atoms with Crippen molar-refractivity contribution < 1.29 is 0 Å². The summed E-state index contributed by atoms with van der Waals surface area (Å²) in [5.74, 6) is 0. The maximum atomic E-state index is 2.76. The average Bonchev–Trinajstić information content (AvgIpc) is 2.73. The Morgan fingerprint density at radius 3 is 2.00 bits per heavy atom. The molecule has 4 fully saturated rings. The summed E-state index contributed by atoms with van der Waals surface area (Å²) in [6.07, 6.45) is 7.24. The molecule has 2 heterocycles. The second-order valence-corrected chi connectivity index (χ2v) is 5.48. The summed E-state index contributed by atoms with van der Waals surface area (Å²) in [6.45, 7) is 8.12. The first kappa shape index (κ1) is 9.51. The van der Waals surface area contributed by atoms with E-state index in [9.17, 15) is 0 Å². The van der Waals surface area contributed by atoms with Crippen molar-refractivity contribution in [3.8, 4) is 0 Å². The zero-order chi connectivity index (χ0) is 9.47. The molecule has 0 N–H and O–H groups in total. The summed E-state index contributed by atoms with van der Waals surface area (Å²) in [4.78, 5) is 2.76. The fourth-order valence-corrected chi connectivity index (χ4v) is 2.84. The Morgan fingerprint density at radius 1 is 1.15 bits per heavy atom. The van der Waals surface area contributed by atoms with Crippen LogP contribution in [0.25, 0.3) is 0 Å². The zero-order valence-electron chi connectivity index (χ0n) is 9.34. The van der Waals surface area contributed by atoms with Gasteiger partial charge in [-0.1, -0.05) is 27.2 Å². The lowest BCUT2D eigenvalue weighted by Crippen LogP contribution is -2.33. The van der Waals surface area contributed by atoms with Crippen molar-refractivity contribution in [1.29, 1.82) is 0 Å². The Morgan fingerprint density at radius 2 is 1.69 bits per heavy atom. The van der Waals surface area contributed by atoms with Gasteiger partial charge >= 0.3 is 0 Å². The molecule has 1 nitrogen and oxygen atoms in total. The van der Waals surface area contributed by atoms with Crippen molar-refractivity contribution >= 4 is 0 Å². The smallest absolute Gasteiger partial charge is 0.0110 e. The Labute approximate surface area is 82.5 Å². The number of rotatable bonds is 1. The maximum Gasteiger partial charge on any atom is 0.0110 e. The Hall–Kier alpha value is -0.0400. The van der Waals surface area contributed by atoms with Crippen LogP contribution in [0.2, 0.25) is 0 Å². The minimum absolute atomic E-state index is 0.757. The number of hydrogen-bond acceptors (Lipinski definition) is 1. The van der Waals surface area contributed by atoms with Gasteiger partial charge in [0, 0.05) is 18.6 Å². The van der Waals surface area contributed by atoms with Gasteiger partial charge in [-0.15, -0.1) is 0 Å². The maximum absolute atomic E-state index is 2.76. The van der Waals surface area contributed by atoms with E-state index in [4.69, 9.17) is 0 Å². The summed E-state index contributed by atoms with van der Waals surface area (Å²) in [5.41, 5.74) is 0.757. The highest BCUT2D eigenvalue weighted by Crippen LogP contribution is 2.54. The molecule has 0 atom stereocenters. The van der Waals surface area contributed by atoms with Crippen molar-refractivity contribution in [2.24, 2.45) is 5.41 Å². The Bertz CT molecular complexity index is 178. The minimum Gasteiger partial charge on any atom is -0.297 e. The van der Waals surface area contributed by atoms with Crippen LogP contribution in [-0.2, 0) is 0 Å². The van der Waals surface area contributed by atoms with E-state index in [0.29, 0.717) is 0 Å². The van der Waals surface area contributed by atoms with Gasteiger partial charge in [-0.25, -0.2) is 0 Å². The van der Waals surface area contributed by atoms with Crippen LogP contribution >= 0.6 is 0 Å². The molecule has 0 radical (unpaired) electrons. The molecule has 0 spiro atoms. The molecule has 0 amide bonds. The summed E-state index contributed by atoms with van der Waals surface area (Å²) in [7, 11) is 0. The number of nitrogens with zero attached hydrogens (tertiary/aromatic N) is 1. The predicted molar refractivity (Wildman–Crippen MR) is 56.8 cm³/mol. The highest BCUT2D eigenvalue weighted by atomic mass is 15.3. The first-order chi connectivity index (χ1) is 6.18. The van der Waals surface area contributed by atoms with Gasteiger partial charge < -0.3 is 0 Å². The molecule has 76 valence electrons. The summed E-state index contributed by atoms with van der Waals surface area (Å²) < 4.78 is 0. The number of fused-ring (bicyclic) bond motifs is 1. The third-order valence-electron chi connectivity index (χ3n) is 3.51. The predicted octanol–water partition coefficient (Wildman–Crippen LogP) is 3.05. The van der Waals surface area contributed by atoms with Crippen molar-refractivity contribution in [2.75, 3.05) is 6.54 Å². The molecule has 0 aromatic heterocycles. The molecular weight excluding hydrogens is 158 g/mol. The van der Waals surface area contributed by atoms with Crippen molar-refractivity contribution in [3.05, 3.63) is 0 Å². The molecule has 2 bridgehead atoms. The van der Waals surface area contributed by atoms with Gasteiger partial charge in [0.1, 0.15) is 0 Å². The molecule has 13 heavy (non-hydrogen) atoms. The number of hydrogen-bond donors (Lipinski definition) is 0. The van der Waals surface area contributed by atoms with Gasteiger partial charge in [0.15, 0.2) is 0 Å². The van der Waals surface area contributed by atoms with E-state index in [1.165, 1.54) is 38.6 Å². The van der Waals surface area contributed by atoms with Gasteiger partial charge in [0.05, 0.1) is 0 Å². The first-order valence-electron chi connectivity index (χ1n) is 5.94. The van der Waals surface area contributed by atoms with Gasteiger partial charge in [-0.3, -0.25) is 4.90 Å². The van der Waals surface area contributed by atoms with Crippen LogP contribution in [0, 0.1) is 5.41 Å². The zero-order valence-corrected chi connectivity index (χ0v) is 9.34. The largest absolute Gasteiger partial charge is 0.297 e. The normalized spacial score (nSPS) is 42.2.